The molecule has 1 aliphatic heterocycles. The molecule has 0 aliphatic carbocycles. The number of halogens is 1. The summed E-state index contributed by atoms with van der Waals surface area (Å²) >= 11 is 8.10. The lowest BCUT2D eigenvalue weighted by atomic mass is 10.2. The van der Waals surface area contributed by atoms with E-state index in [0.717, 1.165) is 36.0 Å². The molecule has 0 radical (unpaired) electrons. The molecule has 1 fully saturated rings. The van der Waals surface area contributed by atoms with Crippen LogP contribution in [-0.4, -0.2) is 44.5 Å². The number of thioether (sulfide) groups is 1. The van der Waals surface area contributed by atoms with E-state index in [4.69, 9.17) is 16.3 Å². The van der Waals surface area contributed by atoms with Crippen LogP contribution in [0.5, 0.6) is 5.88 Å². The maximum atomic E-state index is 6.17. The standard InChI is InChI=1S/C17H16ClN5OS/c18-17-21-14-13(15(22-17)23-6-8-25-9-7-23)19-11-20-16(14)24-10-12-4-2-1-3-5-12/h1-5,11H,6-10H2. The molecule has 128 valence electrons. The van der Waals surface area contributed by atoms with Gasteiger partial charge in [0.2, 0.25) is 11.2 Å². The van der Waals surface area contributed by atoms with E-state index in [2.05, 4.69) is 24.8 Å². The zero-order chi connectivity index (χ0) is 17.1. The minimum atomic E-state index is 0.181. The van der Waals surface area contributed by atoms with Gasteiger partial charge in [-0.15, -0.1) is 0 Å². The number of hydrogen-bond acceptors (Lipinski definition) is 7. The first-order chi connectivity index (χ1) is 12.3. The van der Waals surface area contributed by atoms with E-state index in [0.29, 0.717) is 23.5 Å². The molecular formula is C17H16ClN5OS. The van der Waals surface area contributed by atoms with Gasteiger partial charge in [0.25, 0.3) is 0 Å². The van der Waals surface area contributed by atoms with Crippen LogP contribution in [0.3, 0.4) is 0 Å². The summed E-state index contributed by atoms with van der Waals surface area (Å²) in [6.45, 7) is 2.24. The summed E-state index contributed by atoms with van der Waals surface area (Å²) < 4.78 is 5.88. The fourth-order valence-corrected chi connectivity index (χ4v) is 3.78. The van der Waals surface area contributed by atoms with Crippen LogP contribution >= 0.6 is 23.4 Å². The molecule has 0 atom stereocenters. The van der Waals surface area contributed by atoms with Crippen molar-refractivity contribution in [3.63, 3.8) is 0 Å². The Labute approximate surface area is 154 Å². The van der Waals surface area contributed by atoms with Crippen LogP contribution in [0.2, 0.25) is 5.28 Å². The van der Waals surface area contributed by atoms with Crippen LogP contribution in [0.15, 0.2) is 36.7 Å². The highest BCUT2D eigenvalue weighted by atomic mass is 35.5. The molecule has 0 saturated carbocycles. The van der Waals surface area contributed by atoms with Crippen molar-refractivity contribution in [1.29, 1.82) is 0 Å². The molecule has 2 aromatic heterocycles. The number of rotatable bonds is 4. The number of fused-ring (bicyclic) bond motifs is 1. The highest BCUT2D eigenvalue weighted by Crippen LogP contribution is 2.29. The quantitative estimate of drug-likeness (QED) is 0.650. The smallest absolute Gasteiger partial charge is 0.244 e. The van der Waals surface area contributed by atoms with E-state index < -0.39 is 0 Å². The van der Waals surface area contributed by atoms with Gasteiger partial charge in [0, 0.05) is 24.6 Å². The Morgan fingerprint density at radius 2 is 1.84 bits per heavy atom. The largest absolute Gasteiger partial charge is 0.471 e. The lowest BCUT2D eigenvalue weighted by Crippen LogP contribution is -2.33. The molecule has 1 aromatic carbocycles. The Kier molecular flexibility index (Phi) is 4.85. The van der Waals surface area contributed by atoms with Crippen molar-refractivity contribution in [2.75, 3.05) is 29.5 Å². The first-order valence-electron chi connectivity index (χ1n) is 7.99. The van der Waals surface area contributed by atoms with Crippen molar-refractivity contribution < 1.29 is 4.74 Å². The van der Waals surface area contributed by atoms with Crippen LogP contribution in [0.4, 0.5) is 5.82 Å². The fraction of sp³-hybridized carbons (Fsp3) is 0.294. The van der Waals surface area contributed by atoms with Crippen LogP contribution in [0, 0.1) is 0 Å². The monoisotopic (exact) mass is 373 g/mol. The van der Waals surface area contributed by atoms with Crippen molar-refractivity contribution in [3.05, 3.63) is 47.5 Å². The summed E-state index contributed by atoms with van der Waals surface area (Å²) in [4.78, 5) is 19.6. The van der Waals surface area contributed by atoms with Gasteiger partial charge in [0.1, 0.15) is 18.5 Å². The highest BCUT2D eigenvalue weighted by Gasteiger charge is 2.20. The Bertz CT molecular complexity index is 874. The predicted molar refractivity (Wildman–Crippen MR) is 100 cm³/mol. The van der Waals surface area contributed by atoms with Gasteiger partial charge in [0.05, 0.1) is 0 Å². The SMILES string of the molecule is Clc1nc(N2CCSCC2)c2ncnc(OCc3ccccc3)c2n1. The first-order valence-corrected chi connectivity index (χ1v) is 9.52. The third kappa shape index (κ3) is 3.62. The van der Waals surface area contributed by atoms with Gasteiger partial charge in [-0.05, 0) is 17.2 Å². The molecule has 0 bridgehead atoms. The second-order valence-corrected chi connectivity index (χ2v) is 7.13. The van der Waals surface area contributed by atoms with E-state index >= 15 is 0 Å². The van der Waals surface area contributed by atoms with Gasteiger partial charge in [-0.1, -0.05) is 30.3 Å². The van der Waals surface area contributed by atoms with Gasteiger partial charge in [-0.2, -0.15) is 21.7 Å². The molecule has 3 aromatic rings. The third-order valence-electron chi connectivity index (χ3n) is 3.93. The summed E-state index contributed by atoms with van der Waals surface area (Å²) in [7, 11) is 0. The average molecular weight is 374 g/mol. The van der Waals surface area contributed by atoms with E-state index in [9.17, 15) is 0 Å². The second-order valence-electron chi connectivity index (χ2n) is 5.57. The van der Waals surface area contributed by atoms with Gasteiger partial charge in [0.15, 0.2) is 11.3 Å². The molecule has 0 N–H and O–H groups in total. The van der Waals surface area contributed by atoms with Crippen molar-refractivity contribution in [1.82, 2.24) is 19.9 Å². The Balaban J connectivity index is 1.69. The lowest BCUT2D eigenvalue weighted by Gasteiger charge is -2.27. The number of nitrogens with zero attached hydrogens (tertiary/aromatic N) is 5. The minimum absolute atomic E-state index is 0.181. The first kappa shape index (κ1) is 16.4. The van der Waals surface area contributed by atoms with Crippen LogP contribution in [0.25, 0.3) is 11.0 Å². The fourth-order valence-electron chi connectivity index (χ4n) is 2.71. The normalized spacial score (nSPS) is 14.7. The van der Waals surface area contributed by atoms with E-state index in [1.165, 1.54) is 6.33 Å². The summed E-state index contributed by atoms with van der Waals surface area (Å²) in [6, 6.07) is 9.93. The number of aromatic nitrogens is 4. The molecule has 1 aliphatic rings. The van der Waals surface area contributed by atoms with Crippen molar-refractivity contribution in [2.45, 2.75) is 6.61 Å². The molecule has 4 rings (SSSR count). The number of anilines is 1. The number of benzene rings is 1. The Morgan fingerprint density at radius 3 is 2.64 bits per heavy atom. The summed E-state index contributed by atoms with van der Waals surface area (Å²) in [6.07, 6.45) is 1.49. The lowest BCUT2D eigenvalue weighted by molar-refractivity contribution is 0.297. The third-order valence-corrected chi connectivity index (χ3v) is 5.04. The molecular weight excluding hydrogens is 358 g/mol. The van der Waals surface area contributed by atoms with Crippen molar-refractivity contribution in [3.8, 4) is 5.88 Å². The zero-order valence-electron chi connectivity index (χ0n) is 13.4. The molecule has 0 unspecified atom stereocenters. The Morgan fingerprint density at radius 1 is 1.04 bits per heavy atom. The molecule has 1 saturated heterocycles. The predicted octanol–water partition coefficient (Wildman–Crippen LogP) is 3.21. The van der Waals surface area contributed by atoms with Gasteiger partial charge in [-0.25, -0.2) is 9.97 Å². The second kappa shape index (κ2) is 7.41. The topological polar surface area (TPSA) is 64.0 Å². The molecule has 25 heavy (non-hydrogen) atoms. The van der Waals surface area contributed by atoms with Crippen molar-refractivity contribution in [2.24, 2.45) is 0 Å². The molecule has 0 amide bonds. The van der Waals surface area contributed by atoms with E-state index in [1.54, 1.807) is 0 Å². The van der Waals surface area contributed by atoms with Gasteiger partial charge >= 0.3 is 0 Å². The molecule has 3 heterocycles. The molecule has 6 nitrogen and oxygen atoms in total. The highest BCUT2D eigenvalue weighted by molar-refractivity contribution is 7.99. The summed E-state index contributed by atoms with van der Waals surface area (Å²) in [5.41, 5.74) is 2.28. The number of ether oxygens (including phenoxy) is 1. The zero-order valence-corrected chi connectivity index (χ0v) is 15.0. The molecule has 0 spiro atoms. The maximum absolute atomic E-state index is 6.17. The number of hydrogen-bond donors (Lipinski definition) is 0. The summed E-state index contributed by atoms with van der Waals surface area (Å²) in [5, 5.41) is 0.181. The molecule has 8 heteroatoms. The van der Waals surface area contributed by atoms with Gasteiger partial charge in [-0.3, -0.25) is 0 Å². The van der Waals surface area contributed by atoms with E-state index in [1.807, 2.05) is 42.1 Å². The van der Waals surface area contributed by atoms with Crippen molar-refractivity contribution >= 4 is 40.2 Å². The van der Waals surface area contributed by atoms with Crippen LogP contribution in [0.1, 0.15) is 5.56 Å². The van der Waals surface area contributed by atoms with Gasteiger partial charge < -0.3 is 9.64 Å². The summed E-state index contributed by atoms with van der Waals surface area (Å²) in [5.74, 6) is 3.30. The minimum Gasteiger partial charge on any atom is -0.471 e. The average Bonchev–Trinajstić information content (AvgIpc) is 2.67. The Hall–Kier alpha value is -2.12. The maximum Gasteiger partial charge on any atom is 0.244 e. The van der Waals surface area contributed by atoms with E-state index in [-0.39, 0.29) is 5.28 Å². The van der Waals surface area contributed by atoms with Crippen LogP contribution < -0.4 is 9.64 Å². The van der Waals surface area contributed by atoms with Crippen LogP contribution in [-0.2, 0) is 6.61 Å².